The van der Waals surface area contributed by atoms with Crippen molar-refractivity contribution >= 4 is 18.2 Å². The average molecular weight is 280 g/mol. The maximum atomic E-state index is 12.6. The highest BCUT2D eigenvalue weighted by Gasteiger charge is 2.36. The average Bonchev–Trinajstić information content (AvgIpc) is 2.98. The third kappa shape index (κ3) is 2.85. The van der Waals surface area contributed by atoms with Crippen molar-refractivity contribution in [3.05, 3.63) is 4.77 Å². The molecule has 0 bridgehead atoms. The van der Waals surface area contributed by atoms with Crippen molar-refractivity contribution in [2.75, 3.05) is 11.4 Å². The smallest absolute Gasteiger partial charge is 0.329 e. The largest absolute Gasteiger partial charge is 0.406 e. The number of halogens is 3. The molecule has 0 spiro atoms. The summed E-state index contributed by atoms with van der Waals surface area (Å²) in [7, 11) is 0. The van der Waals surface area contributed by atoms with Crippen LogP contribution in [0.25, 0.3) is 0 Å². The van der Waals surface area contributed by atoms with Gasteiger partial charge in [-0.3, -0.25) is 4.57 Å². The second-order valence-corrected chi connectivity index (χ2v) is 5.15. The Morgan fingerprint density at radius 3 is 2.56 bits per heavy atom. The number of alkyl halides is 3. The number of hydrogen-bond acceptors (Lipinski definition) is 3. The van der Waals surface area contributed by atoms with Crippen LogP contribution in [0.1, 0.15) is 32.7 Å². The third-order valence-electron chi connectivity index (χ3n) is 2.83. The van der Waals surface area contributed by atoms with Gasteiger partial charge in [0.1, 0.15) is 6.54 Å². The van der Waals surface area contributed by atoms with Crippen molar-refractivity contribution in [3.8, 4) is 0 Å². The Balaban J connectivity index is 2.34. The van der Waals surface area contributed by atoms with Gasteiger partial charge in [0.2, 0.25) is 5.95 Å². The molecular formula is C10H15F3N4S. The summed E-state index contributed by atoms with van der Waals surface area (Å²) in [5.41, 5.74) is 0. The van der Waals surface area contributed by atoms with Gasteiger partial charge >= 0.3 is 6.18 Å². The van der Waals surface area contributed by atoms with Gasteiger partial charge in [-0.1, -0.05) is 0 Å². The van der Waals surface area contributed by atoms with Gasteiger partial charge in [0.05, 0.1) is 0 Å². The lowest BCUT2D eigenvalue weighted by Gasteiger charge is -2.28. The number of anilines is 1. The van der Waals surface area contributed by atoms with Crippen LogP contribution in [0.2, 0.25) is 0 Å². The van der Waals surface area contributed by atoms with E-state index in [1.54, 1.807) is 18.4 Å². The molecule has 0 aliphatic heterocycles. The maximum Gasteiger partial charge on any atom is 0.406 e. The van der Waals surface area contributed by atoms with Crippen LogP contribution < -0.4 is 4.90 Å². The molecule has 18 heavy (non-hydrogen) atoms. The Morgan fingerprint density at radius 2 is 2.11 bits per heavy atom. The van der Waals surface area contributed by atoms with Crippen LogP contribution in [0.5, 0.6) is 0 Å². The summed E-state index contributed by atoms with van der Waals surface area (Å²) in [4.78, 5) is 1.23. The molecule has 1 fully saturated rings. The van der Waals surface area contributed by atoms with Gasteiger partial charge in [-0.2, -0.15) is 13.2 Å². The molecule has 4 nitrogen and oxygen atoms in total. The minimum Gasteiger partial charge on any atom is -0.329 e. The monoisotopic (exact) mass is 280 g/mol. The van der Waals surface area contributed by atoms with Gasteiger partial charge in [0.25, 0.3) is 0 Å². The van der Waals surface area contributed by atoms with Crippen LogP contribution in [0.4, 0.5) is 19.1 Å². The van der Waals surface area contributed by atoms with Crippen LogP contribution >= 0.6 is 12.2 Å². The highest BCUT2D eigenvalue weighted by atomic mass is 32.1. The van der Waals surface area contributed by atoms with Gasteiger partial charge in [-0.05, 0) is 38.9 Å². The molecule has 0 radical (unpaired) electrons. The lowest BCUT2D eigenvalue weighted by molar-refractivity contribution is -0.120. The third-order valence-corrected chi connectivity index (χ3v) is 3.12. The van der Waals surface area contributed by atoms with E-state index in [2.05, 4.69) is 10.2 Å². The summed E-state index contributed by atoms with van der Waals surface area (Å²) in [6, 6.07) is -0.102. The van der Waals surface area contributed by atoms with E-state index in [-0.39, 0.29) is 18.0 Å². The molecule has 0 aromatic carbocycles. The number of H-pyrrole nitrogens is 1. The number of hydrogen-bond donors (Lipinski definition) is 1. The maximum absolute atomic E-state index is 12.6. The fourth-order valence-corrected chi connectivity index (χ4v) is 2.11. The van der Waals surface area contributed by atoms with E-state index in [1.807, 2.05) is 0 Å². The minimum absolute atomic E-state index is 0.195. The van der Waals surface area contributed by atoms with E-state index in [1.165, 1.54) is 4.90 Å². The van der Waals surface area contributed by atoms with Gasteiger partial charge in [-0.25, -0.2) is 5.10 Å². The number of aromatic amines is 1. The van der Waals surface area contributed by atoms with E-state index in [0.717, 1.165) is 12.8 Å². The zero-order valence-corrected chi connectivity index (χ0v) is 11.0. The molecule has 1 aliphatic rings. The first-order chi connectivity index (χ1) is 8.29. The van der Waals surface area contributed by atoms with Crippen LogP contribution in [0.3, 0.4) is 0 Å². The zero-order chi connectivity index (χ0) is 13.5. The highest BCUT2D eigenvalue weighted by Crippen LogP contribution is 2.38. The molecule has 0 atom stereocenters. The predicted octanol–water partition coefficient (Wildman–Crippen LogP) is 3.05. The first-order valence-corrected chi connectivity index (χ1v) is 6.20. The number of rotatable bonds is 4. The summed E-state index contributed by atoms with van der Waals surface area (Å²) in [6.45, 7) is 2.40. The highest BCUT2D eigenvalue weighted by molar-refractivity contribution is 7.71. The lowest BCUT2D eigenvalue weighted by Crippen LogP contribution is -2.40. The summed E-state index contributed by atoms with van der Waals surface area (Å²) in [6.07, 6.45) is -2.37. The Morgan fingerprint density at radius 1 is 1.50 bits per heavy atom. The van der Waals surface area contributed by atoms with Crippen molar-refractivity contribution < 1.29 is 13.2 Å². The second-order valence-electron chi connectivity index (χ2n) is 4.77. The SMILES string of the molecule is CC(C)N(CC(F)(F)F)c1n[nH]c(=S)n1C1CC1. The Bertz CT molecular complexity index is 472. The van der Waals surface area contributed by atoms with Crippen molar-refractivity contribution in [2.45, 2.75) is 44.9 Å². The normalized spacial score (nSPS) is 16.3. The molecule has 1 heterocycles. The van der Waals surface area contributed by atoms with Crippen LogP contribution in [0, 0.1) is 4.77 Å². The van der Waals surface area contributed by atoms with E-state index >= 15 is 0 Å². The number of nitrogens with one attached hydrogen (secondary N) is 1. The van der Waals surface area contributed by atoms with Crippen molar-refractivity contribution in [1.29, 1.82) is 0 Å². The van der Waals surface area contributed by atoms with Crippen LogP contribution in [0.15, 0.2) is 0 Å². The summed E-state index contributed by atoms with van der Waals surface area (Å²) in [5.74, 6) is 0.287. The molecule has 1 N–H and O–H groups in total. The fraction of sp³-hybridized carbons (Fsp3) is 0.800. The standard InChI is InChI=1S/C10H15F3N4S/c1-6(2)16(5-10(11,12)13)8-14-15-9(18)17(8)7-3-4-7/h6-7H,3-5H2,1-2H3,(H,15,18). The van der Waals surface area contributed by atoms with E-state index in [0.29, 0.717) is 4.77 Å². The minimum atomic E-state index is -4.26. The van der Waals surface area contributed by atoms with Gasteiger partial charge in [0.15, 0.2) is 4.77 Å². The molecule has 0 unspecified atom stereocenters. The quantitative estimate of drug-likeness (QED) is 0.861. The first kappa shape index (κ1) is 13.4. The number of nitrogens with zero attached hydrogens (tertiary/aromatic N) is 3. The Labute approximate surface area is 108 Å². The topological polar surface area (TPSA) is 36.9 Å². The molecule has 0 amide bonds. The molecular weight excluding hydrogens is 265 g/mol. The van der Waals surface area contributed by atoms with E-state index in [4.69, 9.17) is 12.2 Å². The van der Waals surface area contributed by atoms with Crippen molar-refractivity contribution in [1.82, 2.24) is 14.8 Å². The molecule has 102 valence electrons. The molecule has 1 saturated carbocycles. The Hall–Kier alpha value is -1.05. The van der Waals surface area contributed by atoms with E-state index < -0.39 is 12.7 Å². The first-order valence-electron chi connectivity index (χ1n) is 5.80. The van der Waals surface area contributed by atoms with Gasteiger partial charge in [0, 0.05) is 12.1 Å². The Kier molecular flexibility index (Phi) is 3.39. The van der Waals surface area contributed by atoms with Crippen molar-refractivity contribution in [3.63, 3.8) is 0 Å². The molecule has 0 saturated heterocycles. The van der Waals surface area contributed by atoms with Crippen LogP contribution in [-0.4, -0.2) is 33.5 Å². The summed E-state index contributed by atoms with van der Waals surface area (Å²) >= 11 is 5.07. The lowest BCUT2D eigenvalue weighted by atomic mass is 10.3. The van der Waals surface area contributed by atoms with E-state index in [9.17, 15) is 13.2 Å². The molecule has 2 rings (SSSR count). The van der Waals surface area contributed by atoms with Gasteiger partial charge in [-0.15, -0.1) is 5.10 Å². The fourth-order valence-electron chi connectivity index (χ4n) is 1.84. The molecule has 8 heteroatoms. The van der Waals surface area contributed by atoms with Crippen LogP contribution in [-0.2, 0) is 0 Å². The summed E-state index contributed by atoms with van der Waals surface area (Å²) < 4.78 is 39.9. The van der Waals surface area contributed by atoms with Gasteiger partial charge < -0.3 is 4.90 Å². The second kappa shape index (κ2) is 4.56. The van der Waals surface area contributed by atoms with Crippen molar-refractivity contribution in [2.24, 2.45) is 0 Å². The molecule has 1 aliphatic carbocycles. The summed E-state index contributed by atoms with van der Waals surface area (Å²) in [5, 5.41) is 6.54. The number of aromatic nitrogens is 3. The molecule has 1 aromatic rings. The predicted molar refractivity (Wildman–Crippen MR) is 64.2 cm³/mol. The zero-order valence-electron chi connectivity index (χ0n) is 10.2. The molecule has 1 aromatic heterocycles.